The van der Waals surface area contributed by atoms with Gasteiger partial charge in [0.05, 0.1) is 16.3 Å². The number of hydrogen-bond acceptors (Lipinski definition) is 2. The molecule has 0 spiro atoms. The Bertz CT molecular complexity index is 434. The summed E-state index contributed by atoms with van der Waals surface area (Å²) in [6.45, 7) is 1.23. The van der Waals surface area contributed by atoms with Crippen LogP contribution < -0.4 is 5.32 Å². The number of carbonyl (C=O) groups is 1. The zero-order valence-electron chi connectivity index (χ0n) is 8.68. The molecule has 2 N–H and O–H groups in total. The number of rotatable bonds is 3. The summed E-state index contributed by atoms with van der Waals surface area (Å²) in [5.74, 6) is -1.27. The van der Waals surface area contributed by atoms with E-state index in [-0.39, 0.29) is 5.02 Å². The lowest BCUT2D eigenvalue weighted by Gasteiger charge is -2.18. The fraction of sp³-hybridized carbons (Fsp3) is 0.300. The molecule has 0 fully saturated rings. The fourth-order valence-corrected chi connectivity index (χ4v) is 1.41. The molecule has 7 heteroatoms. The molecule has 0 saturated heterocycles. The van der Waals surface area contributed by atoms with E-state index in [1.54, 1.807) is 0 Å². The third-order valence-corrected chi connectivity index (χ3v) is 2.37. The maximum Gasteiger partial charge on any atom is 0.418 e. The van der Waals surface area contributed by atoms with Crippen molar-refractivity contribution in [1.82, 2.24) is 0 Å². The van der Waals surface area contributed by atoms with E-state index >= 15 is 0 Å². The first-order chi connectivity index (χ1) is 7.73. The number of carboxylic acid groups (broad SMARTS) is 1. The summed E-state index contributed by atoms with van der Waals surface area (Å²) in [7, 11) is 0. The van der Waals surface area contributed by atoms with Crippen LogP contribution in [-0.4, -0.2) is 17.1 Å². The number of nitrogens with one attached hydrogen (secondary N) is 1. The average Bonchev–Trinajstić information content (AvgIpc) is 2.18. The zero-order valence-corrected chi connectivity index (χ0v) is 9.43. The van der Waals surface area contributed by atoms with Gasteiger partial charge < -0.3 is 10.4 Å². The highest BCUT2D eigenvalue weighted by Gasteiger charge is 2.34. The van der Waals surface area contributed by atoms with Gasteiger partial charge in [-0.15, -0.1) is 0 Å². The van der Waals surface area contributed by atoms with Gasteiger partial charge in [0.25, 0.3) is 0 Å². The molecular formula is C10H9ClF3NO2. The lowest BCUT2D eigenvalue weighted by atomic mass is 10.1. The summed E-state index contributed by atoms with van der Waals surface area (Å²) in [5.41, 5.74) is -1.41. The summed E-state index contributed by atoms with van der Waals surface area (Å²) < 4.78 is 37.9. The van der Waals surface area contributed by atoms with E-state index in [2.05, 4.69) is 5.32 Å². The van der Waals surface area contributed by atoms with Gasteiger partial charge in [-0.3, -0.25) is 4.79 Å². The van der Waals surface area contributed by atoms with Crippen LogP contribution in [0.15, 0.2) is 18.2 Å². The number of aliphatic carboxylic acids is 1. The van der Waals surface area contributed by atoms with E-state index in [0.717, 1.165) is 12.1 Å². The van der Waals surface area contributed by atoms with Crippen LogP contribution in [0.5, 0.6) is 0 Å². The Labute approximate surface area is 100 Å². The van der Waals surface area contributed by atoms with E-state index in [1.807, 2.05) is 0 Å². The molecule has 0 aliphatic heterocycles. The van der Waals surface area contributed by atoms with Gasteiger partial charge in [-0.1, -0.05) is 17.7 Å². The van der Waals surface area contributed by atoms with Gasteiger partial charge in [-0.2, -0.15) is 13.2 Å². The summed E-state index contributed by atoms with van der Waals surface area (Å²) in [6.07, 6.45) is -4.59. The Morgan fingerprint density at radius 3 is 2.53 bits per heavy atom. The minimum atomic E-state index is -4.59. The standard InChI is InChI=1S/C10H9ClF3NO2/c1-5(9(16)17)15-8-6(10(12,13)14)3-2-4-7(8)11/h2-5,15H,1H3,(H,16,17). The van der Waals surface area contributed by atoms with E-state index in [4.69, 9.17) is 16.7 Å². The second-order valence-corrected chi connectivity index (χ2v) is 3.77. The highest BCUT2D eigenvalue weighted by atomic mass is 35.5. The van der Waals surface area contributed by atoms with Crippen molar-refractivity contribution in [3.8, 4) is 0 Å². The molecule has 0 aliphatic carbocycles. The van der Waals surface area contributed by atoms with Crippen molar-refractivity contribution >= 4 is 23.3 Å². The number of anilines is 1. The van der Waals surface area contributed by atoms with E-state index < -0.39 is 29.4 Å². The van der Waals surface area contributed by atoms with E-state index in [1.165, 1.54) is 13.0 Å². The van der Waals surface area contributed by atoms with E-state index in [9.17, 15) is 18.0 Å². The van der Waals surface area contributed by atoms with Crippen LogP contribution in [0.1, 0.15) is 12.5 Å². The topological polar surface area (TPSA) is 49.3 Å². The molecule has 0 bridgehead atoms. The largest absolute Gasteiger partial charge is 0.480 e. The molecule has 0 aromatic heterocycles. The SMILES string of the molecule is CC(Nc1c(Cl)cccc1C(F)(F)F)C(=O)O. The molecular weight excluding hydrogens is 259 g/mol. The lowest BCUT2D eigenvalue weighted by molar-refractivity contribution is -0.139. The van der Waals surface area contributed by atoms with Crippen LogP contribution in [0.3, 0.4) is 0 Å². The predicted octanol–water partition coefficient (Wildman–Crippen LogP) is 3.24. The number of para-hydroxylation sites is 1. The summed E-state index contributed by atoms with van der Waals surface area (Å²) in [4.78, 5) is 10.6. The number of carboxylic acids is 1. The highest BCUT2D eigenvalue weighted by molar-refractivity contribution is 6.33. The van der Waals surface area contributed by atoms with Crippen molar-refractivity contribution in [2.24, 2.45) is 0 Å². The summed E-state index contributed by atoms with van der Waals surface area (Å²) >= 11 is 5.63. The molecule has 3 nitrogen and oxygen atoms in total. The number of hydrogen-bond donors (Lipinski definition) is 2. The number of alkyl halides is 3. The second-order valence-electron chi connectivity index (χ2n) is 3.36. The smallest absolute Gasteiger partial charge is 0.418 e. The van der Waals surface area contributed by atoms with Crippen molar-refractivity contribution in [2.45, 2.75) is 19.1 Å². The minimum absolute atomic E-state index is 0.173. The first-order valence-electron chi connectivity index (χ1n) is 4.58. The van der Waals surface area contributed by atoms with Crippen LogP contribution in [-0.2, 0) is 11.0 Å². The molecule has 94 valence electrons. The Balaban J connectivity index is 3.17. The Morgan fingerprint density at radius 1 is 1.47 bits per heavy atom. The van der Waals surface area contributed by atoms with Crippen LogP contribution in [0.2, 0.25) is 5.02 Å². The van der Waals surface area contributed by atoms with Gasteiger partial charge in [-0.25, -0.2) is 0 Å². The highest BCUT2D eigenvalue weighted by Crippen LogP contribution is 2.38. The van der Waals surface area contributed by atoms with Gasteiger partial charge in [0.1, 0.15) is 6.04 Å². The van der Waals surface area contributed by atoms with Gasteiger partial charge in [0.15, 0.2) is 0 Å². The van der Waals surface area contributed by atoms with E-state index in [0.29, 0.717) is 0 Å². The van der Waals surface area contributed by atoms with Crippen molar-refractivity contribution in [2.75, 3.05) is 5.32 Å². The van der Waals surface area contributed by atoms with Crippen molar-refractivity contribution < 1.29 is 23.1 Å². The third kappa shape index (κ3) is 3.26. The Hall–Kier alpha value is -1.43. The first-order valence-corrected chi connectivity index (χ1v) is 4.96. The molecule has 0 aliphatic rings. The van der Waals surface area contributed by atoms with Gasteiger partial charge in [-0.05, 0) is 19.1 Å². The van der Waals surface area contributed by atoms with Crippen LogP contribution >= 0.6 is 11.6 Å². The fourth-order valence-electron chi connectivity index (χ4n) is 1.19. The minimum Gasteiger partial charge on any atom is -0.480 e. The van der Waals surface area contributed by atoms with Crippen molar-refractivity contribution in [3.63, 3.8) is 0 Å². The van der Waals surface area contributed by atoms with Gasteiger partial charge in [0.2, 0.25) is 0 Å². The number of halogens is 4. The molecule has 1 unspecified atom stereocenters. The number of benzene rings is 1. The molecule has 0 saturated carbocycles. The lowest BCUT2D eigenvalue weighted by Crippen LogP contribution is -2.27. The maximum atomic E-state index is 12.6. The third-order valence-electron chi connectivity index (χ3n) is 2.05. The Kier molecular flexibility index (Phi) is 3.87. The zero-order chi connectivity index (χ0) is 13.2. The summed E-state index contributed by atoms with van der Waals surface area (Å²) in [5, 5.41) is 10.7. The van der Waals surface area contributed by atoms with Gasteiger partial charge in [0, 0.05) is 0 Å². The molecule has 0 amide bonds. The Morgan fingerprint density at radius 2 is 2.06 bits per heavy atom. The molecule has 0 radical (unpaired) electrons. The van der Waals surface area contributed by atoms with Crippen LogP contribution in [0.4, 0.5) is 18.9 Å². The summed E-state index contributed by atoms with van der Waals surface area (Å²) in [6, 6.07) is 2.08. The normalized spacial score (nSPS) is 13.2. The second kappa shape index (κ2) is 4.83. The van der Waals surface area contributed by atoms with Crippen LogP contribution in [0.25, 0.3) is 0 Å². The molecule has 1 aromatic carbocycles. The first kappa shape index (κ1) is 13.6. The average molecular weight is 268 g/mol. The molecule has 1 aromatic rings. The molecule has 1 rings (SSSR count). The molecule has 17 heavy (non-hydrogen) atoms. The maximum absolute atomic E-state index is 12.6. The quantitative estimate of drug-likeness (QED) is 0.884. The predicted molar refractivity (Wildman–Crippen MR) is 57.2 cm³/mol. The molecule has 1 atom stereocenters. The van der Waals surface area contributed by atoms with Gasteiger partial charge >= 0.3 is 12.1 Å². The van der Waals surface area contributed by atoms with Crippen molar-refractivity contribution in [1.29, 1.82) is 0 Å². The van der Waals surface area contributed by atoms with Crippen molar-refractivity contribution in [3.05, 3.63) is 28.8 Å². The monoisotopic (exact) mass is 267 g/mol. The van der Waals surface area contributed by atoms with Crippen LogP contribution in [0, 0.1) is 0 Å². The molecule has 0 heterocycles.